The summed E-state index contributed by atoms with van der Waals surface area (Å²) < 4.78 is 7.30. The van der Waals surface area contributed by atoms with E-state index in [0.29, 0.717) is 16.8 Å². The maximum absolute atomic E-state index is 13.0. The second kappa shape index (κ2) is 5.20. The van der Waals surface area contributed by atoms with Crippen LogP contribution in [0, 0.1) is 6.92 Å². The number of aromatic nitrogens is 1. The summed E-state index contributed by atoms with van der Waals surface area (Å²) in [5.41, 5.74) is 5.61. The summed E-state index contributed by atoms with van der Waals surface area (Å²) >= 11 is 0. The first-order chi connectivity index (χ1) is 11.5. The van der Waals surface area contributed by atoms with Crippen molar-refractivity contribution in [2.75, 3.05) is 7.11 Å². The van der Waals surface area contributed by atoms with Crippen LogP contribution in [0.2, 0.25) is 0 Å². The van der Waals surface area contributed by atoms with Crippen LogP contribution in [0.15, 0.2) is 35.6 Å². The Morgan fingerprint density at radius 2 is 1.71 bits per heavy atom. The Bertz CT molecular complexity index is 913. The highest BCUT2D eigenvalue weighted by atomic mass is 16.5. The number of Topliss-reactive ketones (excluding diaryl/α,β-unsaturated/α-hetero) is 2. The van der Waals surface area contributed by atoms with E-state index >= 15 is 0 Å². The minimum Gasteiger partial charge on any atom is -0.492 e. The van der Waals surface area contributed by atoms with Crippen molar-refractivity contribution in [3.8, 4) is 11.1 Å². The van der Waals surface area contributed by atoms with Crippen LogP contribution in [0.4, 0.5) is 0 Å². The Labute approximate surface area is 140 Å². The quantitative estimate of drug-likeness (QED) is 0.847. The Kier molecular flexibility index (Phi) is 3.23. The van der Waals surface area contributed by atoms with E-state index in [-0.39, 0.29) is 17.3 Å². The van der Waals surface area contributed by atoms with Crippen LogP contribution in [0.5, 0.6) is 0 Å². The molecule has 122 valence electrons. The van der Waals surface area contributed by atoms with Gasteiger partial charge in [-0.15, -0.1) is 0 Å². The van der Waals surface area contributed by atoms with Crippen LogP contribution in [0.1, 0.15) is 45.4 Å². The van der Waals surface area contributed by atoms with E-state index < -0.39 is 0 Å². The Balaban J connectivity index is 2.04. The van der Waals surface area contributed by atoms with E-state index in [1.165, 1.54) is 12.7 Å². The third kappa shape index (κ3) is 1.86. The van der Waals surface area contributed by atoms with Gasteiger partial charge in [0.2, 0.25) is 11.6 Å². The number of fused-ring (bicyclic) bond motifs is 3. The van der Waals surface area contributed by atoms with Crippen molar-refractivity contribution in [2.24, 2.45) is 0 Å². The third-order valence-electron chi connectivity index (χ3n) is 5.04. The highest BCUT2D eigenvalue weighted by Gasteiger charge is 2.40. The van der Waals surface area contributed by atoms with Gasteiger partial charge in [0.05, 0.1) is 12.7 Å². The average Bonchev–Trinajstić information content (AvgIpc) is 3.14. The lowest BCUT2D eigenvalue weighted by molar-refractivity contribution is 0.0903. The lowest BCUT2D eigenvalue weighted by Crippen LogP contribution is -2.23. The molecule has 0 N–H and O–H groups in total. The number of methoxy groups -OCH3 is 1. The lowest BCUT2D eigenvalue weighted by atomic mass is 9.88. The van der Waals surface area contributed by atoms with Crippen LogP contribution >= 0.6 is 0 Å². The summed E-state index contributed by atoms with van der Waals surface area (Å²) in [7, 11) is 1.45. The van der Waals surface area contributed by atoms with Gasteiger partial charge in [-0.3, -0.25) is 9.59 Å². The second-order valence-electron chi connectivity index (χ2n) is 6.48. The highest BCUT2D eigenvalue weighted by molar-refractivity contribution is 6.28. The summed E-state index contributed by atoms with van der Waals surface area (Å²) in [4.78, 5) is 25.9. The van der Waals surface area contributed by atoms with Gasteiger partial charge in [0, 0.05) is 23.4 Å². The van der Waals surface area contributed by atoms with Gasteiger partial charge in [0.25, 0.3) is 0 Å². The predicted molar refractivity (Wildman–Crippen MR) is 91.3 cm³/mol. The van der Waals surface area contributed by atoms with E-state index in [9.17, 15) is 9.59 Å². The first kappa shape index (κ1) is 14.9. The van der Waals surface area contributed by atoms with Crippen molar-refractivity contribution < 1.29 is 14.3 Å². The number of hydrogen-bond donors (Lipinski definition) is 0. The first-order valence-corrected chi connectivity index (χ1v) is 8.21. The normalized spacial score (nSPS) is 16.5. The third-order valence-corrected chi connectivity index (χ3v) is 5.04. The molecule has 2 aliphatic rings. The van der Waals surface area contributed by atoms with Crippen molar-refractivity contribution in [1.29, 1.82) is 0 Å². The smallest absolute Gasteiger partial charge is 0.230 e. The molecule has 0 unspecified atom stereocenters. The van der Waals surface area contributed by atoms with Crippen molar-refractivity contribution in [2.45, 2.75) is 33.2 Å². The molecule has 0 bridgehead atoms. The molecule has 0 saturated heterocycles. The summed E-state index contributed by atoms with van der Waals surface area (Å²) in [6.45, 7) is 4.49. The number of benzene rings is 1. The fourth-order valence-electron chi connectivity index (χ4n) is 3.88. The number of nitrogens with zero attached hydrogens (tertiary/aromatic N) is 1. The largest absolute Gasteiger partial charge is 0.492 e. The standard InChI is InChI=1S/C20H19NO3/c1-11-6-8-13(9-7-11)15-14-5-4-10-21(14)17-16(15)19(23)20(24-3)12(2)18(17)22/h6-9H,4-5,10H2,1-3H3. The van der Waals surface area contributed by atoms with Gasteiger partial charge in [-0.25, -0.2) is 0 Å². The van der Waals surface area contributed by atoms with Gasteiger partial charge in [-0.05, 0) is 32.3 Å². The minimum absolute atomic E-state index is 0.0945. The van der Waals surface area contributed by atoms with E-state index in [1.54, 1.807) is 6.92 Å². The fourth-order valence-corrected chi connectivity index (χ4v) is 3.88. The van der Waals surface area contributed by atoms with Crippen LogP contribution in [-0.2, 0) is 17.7 Å². The van der Waals surface area contributed by atoms with Gasteiger partial charge in [-0.2, -0.15) is 0 Å². The van der Waals surface area contributed by atoms with Crippen LogP contribution in [-0.4, -0.2) is 23.2 Å². The molecule has 4 nitrogen and oxygen atoms in total. The predicted octanol–water partition coefficient (Wildman–Crippen LogP) is 3.71. The molecule has 1 aliphatic carbocycles. The Morgan fingerprint density at radius 3 is 2.38 bits per heavy atom. The number of allylic oxidation sites excluding steroid dienone is 2. The summed E-state index contributed by atoms with van der Waals surface area (Å²) in [5, 5.41) is 0. The first-order valence-electron chi connectivity index (χ1n) is 8.21. The molecular weight excluding hydrogens is 302 g/mol. The fraction of sp³-hybridized carbons (Fsp3) is 0.300. The topological polar surface area (TPSA) is 48.3 Å². The van der Waals surface area contributed by atoms with Gasteiger partial charge >= 0.3 is 0 Å². The number of carbonyl (C=O) groups is 2. The van der Waals surface area contributed by atoms with Crippen molar-refractivity contribution in [3.63, 3.8) is 0 Å². The zero-order valence-electron chi connectivity index (χ0n) is 14.1. The molecule has 2 aromatic rings. The van der Waals surface area contributed by atoms with Gasteiger partial charge in [0.1, 0.15) is 5.69 Å². The van der Waals surface area contributed by atoms with Crippen molar-refractivity contribution in [1.82, 2.24) is 4.57 Å². The average molecular weight is 321 g/mol. The van der Waals surface area contributed by atoms with Crippen LogP contribution in [0.25, 0.3) is 11.1 Å². The summed E-state index contributed by atoms with van der Waals surface area (Å²) in [6, 6.07) is 8.13. The number of aryl methyl sites for hydroxylation is 1. The number of ketones is 2. The van der Waals surface area contributed by atoms with Gasteiger partial charge < -0.3 is 9.30 Å². The monoisotopic (exact) mass is 321 g/mol. The Hall–Kier alpha value is -2.62. The van der Waals surface area contributed by atoms with Crippen molar-refractivity contribution >= 4 is 11.6 Å². The van der Waals surface area contributed by atoms with E-state index in [0.717, 1.165) is 36.2 Å². The molecule has 0 fully saturated rings. The molecular formula is C20H19NO3. The van der Waals surface area contributed by atoms with E-state index in [1.807, 2.05) is 35.8 Å². The molecule has 0 radical (unpaired) electrons. The second-order valence-corrected chi connectivity index (χ2v) is 6.48. The molecule has 0 saturated carbocycles. The van der Waals surface area contributed by atoms with Gasteiger partial charge in [0.15, 0.2) is 5.76 Å². The molecule has 4 heteroatoms. The zero-order chi connectivity index (χ0) is 17.0. The number of ether oxygens (including phenoxy) is 1. The molecule has 24 heavy (non-hydrogen) atoms. The molecule has 0 atom stereocenters. The maximum atomic E-state index is 13.0. The molecule has 1 aromatic heterocycles. The number of carbonyl (C=O) groups excluding carboxylic acids is 2. The lowest BCUT2D eigenvalue weighted by Gasteiger charge is -2.18. The molecule has 0 amide bonds. The molecule has 1 aromatic carbocycles. The number of rotatable bonds is 2. The molecule has 0 spiro atoms. The number of hydrogen-bond acceptors (Lipinski definition) is 3. The zero-order valence-corrected chi connectivity index (χ0v) is 14.1. The van der Waals surface area contributed by atoms with E-state index in [2.05, 4.69) is 0 Å². The van der Waals surface area contributed by atoms with Crippen LogP contribution < -0.4 is 0 Å². The van der Waals surface area contributed by atoms with E-state index in [4.69, 9.17) is 4.74 Å². The molecule has 4 rings (SSSR count). The molecule has 2 heterocycles. The van der Waals surface area contributed by atoms with Gasteiger partial charge in [-0.1, -0.05) is 29.8 Å². The minimum atomic E-state index is -0.179. The maximum Gasteiger partial charge on any atom is 0.230 e. The molecule has 1 aliphatic heterocycles. The SMILES string of the molecule is COC1=C(C)C(=O)c2c(c(-c3ccc(C)cc3)c3n2CCC3)C1=O. The van der Waals surface area contributed by atoms with Crippen LogP contribution in [0.3, 0.4) is 0 Å². The summed E-state index contributed by atoms with van der Waals surface area (Å²) in [6.07, 6.45) is 1.89. The highest BCUT2D eigenvalue weighted by Crippen LogP contribution is 2.41. The summed E-state index contributed by atoms with van der Waals surface area (Å²) in [5.74, 6) is -0.102. The Morgan fingerprint density at radius 1 is 1.00 bits per heavy atom. The van der Waals surface area contributed by atoms with Crippen molar-refractivity contribution in [3.05, 3.63) is 58.1 Å².